The van der Waals surface area contributed by atoms with E-state index in [9.17, 15) is 4.79 Å². The average Bonchev–Trinajstić information content (AvgIpc) is 3.50. The number of hydrogen-bond acceptors (Lipinski definition) is 7. The minimum Gasteiger partial charge on any atom is -0.490 e. The lowest BCUT2D eigenvalue weighted by Crippen LogP contribution is -2.43. The van der Waals surface area contributed by atoms with Crippen LogP contribution in [0.2, 0.25) is 0 Å². The van der Waals surface area contributed by atoms with Crippen molar-refractivity contribution in [3.63, 3.8) is 0 Å². The van der Waals surface area contributed by atoms with Crippen LogP contribution in [0.5, 0.6) is 17.2 Å². The van der Waals surface area contributed by atoms with Crippen LogP contribution in [-0.4, -0.2) is 60.3 Å². The third-order valence-electron chi connectivity index (χ3n) is 6.61. The minimum absolute atomic E-state index is 0.150. The fourth-order valence-electron chi connectivity index (χ4n) is 4.71. The molecule has 8 nitrogen and oxygen atoms in total. The molecule has 1 saturated heterocycles. The Morgan fingerprint density at radius 2 is 1.73 bits per heavy atom. The smallest absolute Gasteiger partial charge is 0.232 e. The van der Waals surface area contributed by atoms with E-state index in [4.69, 9.17) is 14.2 Å². The Morgan fingerprint density at radius 1 is 0.946 bits per heavy atom. The summed E-state index contributed by atoms with van der Waals surface area (Å²) >= 11 is 0. The molecular weight excluding hydrogens is 468 g/mol. The Morgan fingerprint density at radius 3 is 2.59 bits per heavy atom. The van der Waals surface area contributed by atoms with E-state index in [1.165, 1.54) is 0 Å². The number of nitrogens with one attached hydrogen (secondary N) is 2. The highest BCUT2D eigenvalue weighted by Gasteiger charge is 2.32. The van der Waals surface area contributed by atoms with Gasteiger partial charge >= 0.3 is 0 Å². The Labute approximate surface area is 214 Å². The molecule has 0 saturated carbocycles. The summed E-state index contributed by atoms with van der Waals surface area (Å²) in [5, 5.41) is 11.7. The number of Topliss-reactive ketones (excluding diaryl/α,β-unsaturated/α-hetero) is 1. The lowest BCUT2D eigenvalue weighted by molar-refractivity contribution is 0.101. The Kier molecular flexibility index (Phi) is 6.58. The van der Waals surface area contributed by atoms with Crippen LogP contribution < -0.4 is 19.5 Å². The van der Waals surface area contributed by atoms with Crippen molar-refractivity contribution in [3.8, 4) is 17.2 Å². The number of carbonyl (C=O) groups excluding carboxylic acids is 1. The van der Waals surface area contributed by atoms with Crippen LogP contribution in [0.15, 0.2) is 72.5 Å². The van der Waals surface area contributed by atoms with E-state index in [-0.39, 0.29) is 11.5 Å². The quantitative estimate of drug-likeness (QED) is 0.281. The third kappa shape index (κ3) is 4.94. The summed E-state index contributed by atoms with van der Waals surface area (Å²) in [6.45, 7) is 5.09. The molecule has 0 amide bonds. The Hall–Kier alpha value is -4.14. The zero-order chi connectivity index (χ0) is 25.0. The molecule has 2 N–H and O–H groups in total. The van der Waals surface area contributed by atoms with Crippen LogP contribution in [0, 0.1) is 0 Å². The van der Waals surface area contributed by atoms with Gasteiger partial charge in [0.05, 0.1) is 22.3 Å². The highest BCUT2D eigenvalue weighted by molar-refractivity contribution is 6.15. The van der Waals surface area contributed by atoms with Gasteiger partial charge in [-0.15, -0.1) is 0 Å². The molecule has 4 aromatic rings. The van der Waals surface area contributed by atoms with E-state index in [0.717, 1.165) is 48.4 Å². The zero-order valence-corrected chi connectivity index (χ0v) is 20.4. The van der Waals surface area contributed by atoms with Gasteiger partial charge in [0.15, 0.2) is 5.76 Å². The number of para-hydroxylation sites is 2. The molecule has 0 aliphatic carbocycles. The topological polar surface area (TPSA) is 88.7 Å². The van der Waals surface area contributed by atoms with Crippen molar-refractivity contribution in [2.45, 2.75) is 6.54 Å². The predicted octanol–water partition coefficient (Wildman–Crippen LogP) is 4.04. The van der Waals surface area contributed by atoms with Gasteiger partial charge in [0, 0.05) is 44.2 Å². The number of H-pyrrole nitrogens is 1. The van der Waals surface area contributed by atoms with Crippen LogP contribution in [0.3, 0.4) is 0 Å². The number of aromatic nitrogens is 2. The van der Waals surface area contributed by atoms with Crippen LogP contribution >= 0.6 is 0 Å². The van der Waals surface area contributed by atoms with Crippen molar-refractivity contribution in [1.29, 1.82) is 0 Å². The van der Waals surface area contributed by atoms with Crippen molar-refractivity contribution in [1.82, 2.24) is 20.4 Å². The summed E-state index contributed by atoms with van der Waals surface area (Å²) in [5.41, 5.74) is 3.00. The number of ether oxygens (including phenoxy) is 3. The van der Waals surface area contributed by atoms with E-state index in [2.05, 4.69) is 20.4 Å². The average molecular weight is 497 g/mol. The van der Waals surface area contributed by atoms with E-state index in [1.54, 1.807) is 12.1 Å². The highest BCUT2D eigenvalue weighted by atomic mass is 16.5. The molecule has 0 radical (unpaired) electrons. The molecule has 188 valence electrons. The molecule has 0 unspecified atom stereocenters. The molecule has 2 aliphatic rings. The number of rotatable bonds is 8. The molecule has 1 fully saturated rings. The molecule has 2 aliphatic heterocycles. The first-order valence-corrected chi connectivity index (χ1v) is 12.5. The SMILES string of the molecule is O=C1/C(=C/c2n[nH]c3ccccc23)Oc2c1ccc(OCCOc1ccccc1)c2CN1CCNCC1. The highest BCUT2D eigenvalue weighted by Crippen LogP contribution is 2.41. The van der Waals surface area contributed by atoms with Crippen molar-refractivity contribution in [2.75, 3.05) is 39.4 Å². The Bertz CT molecular complexity index is 1440. The van der Waals surface area contributed by atoms with E-state index >= 15 is 0 Å². The fourth-order valence-corrected chi connectivity index (χ4v) is 4.71. The number of carbonyl (C=O) groups is 1. The summed E-state index contributed by atoms with van der Waals surface area (Å²) < 4.78 is 18.2. The third-order valence-corrected chi connectivity index (χ3v) is 6.61. The summed E-state index contributed by atoms with van der Waals surface area (Å²) in [5.74, 6) is 2.18. The molecular formula is C29H28N4O4. The Balaban J connectivity index is 1.26. The van der Waals surface area contributed by atoms with E-state index in [1.807, 2.05) is 60.7 Å². The minimum atomic E-state index is -0.150. The molecule has 0 bridgehead atoms. The van der Waals surface area contributed by atoms with Crippen LogP contribution in [0.25, 0.3) is 17.0 Å². The lowest BCUT2D eigenvalue weighted by atomic mass is 10.0. The summed E-state index contributed by atoms with van der Waals surface area (Å²) in [6, 6.07) is 21.1. The van der Waals surface area contributed by atoms with Gasteiger partial charge < -0.3 is 19.5 Å². The molecule has 3 heterocycles. The number of ketones is 1. The number of piperazine rings is 1. The number of nitrogens with zero attached hydrogens (tertiary/aromatic N) is 2. The standard InChI is InChI=1S/C29H28N4O4/c34-28-22-10-11-26(36-17-16-35-20-6-2-1-3-7-20)23(19-33-14-12-30-13-15-33)29(22)37-27(28)18-25-21-8-4-5-9-24(21)31-32-25/h1-11,18,30H,12-17,19H2,(H,31,32)/b27-18-. The molecule has 0 atom stereocenters. The normalized spacial score (nSPS) is 16.6. The largest absolute Gasteiger partial charge is 0.490 e. The number of aromatic amines is 1. The first-order chi connectivity index (χ1) is 18.3. The number of hydrogen-bond donors (Lipinski definition) is 2. The van der Waals surface area contributed by atoms with Gasteiger partial charge in [-0.1, -0.05) is 36.4 Å². The number of fused-ring (bicyclic) bond motifs is 2. The van der Waals surface area contributed by atoms with Gasteiger partial charge in [0.25, 0.3) is 0 Å². The summed E-state index contributed by atoms with van der Waals surface area (Å²) in [6.07, 6.45) is 1.71. The van der Waals surface area contributed by atoms with Crippen LogP contribution in [-0.2, 0) is 6.54 Å². The fraction of sp³-hybridized carbons (Fsp3) is 0.241. The van der Waals surface area contributed by atoms with Gasteiger partial charge in [-0.3, -0.25) is 14.8 Å². The van der Waals surface area contributed by atoms with E-state index < -0.39 is 0 Å². The van der Waals surface area contributed by atoms with Crippen LogP contribution in [0.1, 0.15) is 21.6 Å². The van der Waals surface area contributed by atoms with Gasteiger partial charge in [-0.2, -0.15) is 5.10 Å². The molecule has 6 rings (SSSR count). The monoisotopic (exact) mass is 496 g/mol. The summed E-state index contributed by atoms with van der Waals surface area (Å²) in [7, 11) is 0. The van der Waals surface area contributed by atoms with Gasteiger partial charge in [-0.05, 0) is 30.3 Å². The maximum atomic E-state index is 13.3. The number of allylic oxidation sites excluding steroid dienone is 1. The van der Waals surface area contributed by atoms with Gasteiger partial charge in [0.2, 0.25) is 5.78 Å². The predicted molar refractivity (Wildman–Crippen MR) is 141 cm³/mol. The summed E-state index contributed by atoms with van der Waals surface area (Å²) in [4.78, 5) is 15.7. The molecule has 1 aromatic heterocycles. The first kappa shape index (κ1) is 23.3. The zero-order valence-electron chi connectivity index (χ0n) is 20.4. The molecule has 8 heteroatoms. The number of benzene rings is 3. The van der Waals surface area contributed by atoms with E-state index in [0.29, 0.717) is 42.5 Å². The second-order valence-electron chi connectivity index (χ2n) is 9.05. The first-order valence-electron chi connectivity index (χ1n) is 12.5. The maximum Gasteiger partial charge on any atom is 0.232 e. The maximum absolute atomic E-state index is 13.3. The van der Waals surface area contributed by atoms with Gasteiger partial charge in [-0.25, -0.2) is 0 Å². The lowest BCUT2D eigenvalue weighted by Gasteiger charge is -2.28. The second-order valence-corrected chi connectivity index (χ2v) is 9.05. The van der Waals surface area contributed by atoms with Crippen molar-refractivity contribution in [3.05, 3.63) is 89.3 Å². The van der Waals surface area contributed by atoms with Gasteiger partial charge in [0.1, 0.15) is 30.5 Å². The molecule has 37 heavy (non-hydrogen) atoms. The second kappa shape index (κ2) is 10.5. The van der Waals surface area contributed by atoms with Crippen molar-refractivity contribution in [2.24, 2.45) is 0 Å². The van der Waals surface area contributed by atoms with Crippen LogP contribution in [0.4, 0.5) is 0 Å². The molecule has 0 spiro atoms. The van der Waals surface area contributed by atoms with Crippen molar-refractivity contribution >= 4 is 22.8 Å². The van der Waals surface area contributed by atoms with Crippen molar-refractivity contribution < 1.29 is 19.0 Å². The molecule has 3 aromatic carbocycles.